The largest absolute Gasteiger partial charge is 0.504 e. The summed E-state index contributed by atoms with van der Waals surface area (Å²) in [5, 5.41) is 16.7. The molecule has 1 atom stereocenters. The third-order valence-electron chi connectivity index (χ3n) is 2.75. The van der Waals surface area contributed by atoms with Crippen molar-refractivity contribution >= 4 is 0 Å². The number of aromatic hydroxyl groups is 1. The number of nitrogens with one attached hydrogen (secondary N) is 2. The van der Waals surface area contributed by atoms with Crippen LogP contribution >= 0.6 is 0 Å². The van der Waals surface area contributed by atoms with Gasteiger partial charge in [-0.25, -0.2) is 0 Å². The minimum absolute atomic E-state index is 0.161. The Bertz CT molecular complexity index is 349. The molecular weight excluding hydrogens is 204 g/mol. The Labute approximate surface area is 95.6 Å². The fraction of sp³-hybridized carbons (Fsp3) is 0.500. The van der Waals surface area contributed by atoms with Crippen LogP contribution in [0.2, 0.25) is 0 Å². The van der Waals surface area contributed by atoms with Gasteiger partial charge in [-0.05, 0) is 13.0 Å². The molecule has 0 aliphatic carbocycles. The number of phenolic OH excluding ortho intramolecular Hbond substituents is 1. The molecule has 0 spiro atoms. The molecule has 0 aromatic heterocycles. The molecule has 1 aliphatic heterocycles. The molecule has 88 valence electrons. The normalized spacial score (nSPS) is 20.7. The van der Waals surface area contributed by atoms with Crippen LogP contribution in [0.25, 0.3) is 0 Å². The van der Waals surface area contributed by atoms with Gasteiger partial charge in [0, 0.05) is 31.2 Å². The molecule has 2 rings (SSSR count). The van der Waals surface area contributed by atoms with E-state index in [1.54, 1.807) is 6.07 Å². The summed E-state index contributed by atoms with van der Waals surface area (Å²) in [7, 11) is 0. The molecule has 1 aliphatic rings. The summed E-state index contributed by atoms with van der Waals surface area (Å²) in [6, 6.07) is 5.80. The van der Waals surface area contributed by atoms with E-state index < -0.39 is 0 Å². The van der Waals surface area contributed by atoms with Crippen LogP contribution in [-0.2, 0) is 0 Å². The zero-order valence-corrected chi connectivity index (χ0v) is 9.49. The summed E-state index contributed by atoms with van der Waals surface area (Å²) in [5.74, 6) is 0.818. The first kappa shape index (κ1) is 11.2. The van der Waals surface area contributed by atoms with E-state index in [0.717, 1.165) is 25.2 Å². The minimum atomic E-state index is 0.161. The smallest absolute Gasteiger partial charge is 0.162 e. The van der Waals surface area contributed by atoms with Crippen LogP contribution in [0.4, 0.5) is 0 Å². The predicted octanol–water partition coefficient (Wildman–Crippen LogP) is 1.02. The highest BCUT2D eigenvalue weighted by Gasteiger charge is 2.19. The molecule has 4 heteroatoms. The molecule has 16 heavy (non-hydrogen) atoms. The zero-order valence-electron chi connectivity index (χ0n) is 9.49. The number of rotatable bonds is 3. The van der Waals surface area contributed by atoms with Crippen molar-refractivity contribution in [3.63, 3.8) is 0 Å². The highest BCUT2D eigenvalue weighted by Crippen LogP contribution is 2.33. The minimum Gasteiger partial charge on any atom is -0.504 e. The van der Waals surface area contributed by atoms with Gasteiger partial charge in [0.25, 0.3) is 0 Å². The maximum Gasteiger partial charge on any atom is 0.162 e. The average Bonchev–Trinajstić information content (AvgIpc) is 2.33. The van der Waals surface area contributed by atoms with Gasteiger partial charge < -0.3 is 20.5 Å². The van der Waals surface area contributed by atoms with Crippen LogP contribution in [0, 0.1) is 0 Å². The summed E-state index contributed by atoms with van der Waals surface area (Å²) < 4.78 is 5.37. The Morgan fingerprint density at radius 2 is 2.31 bits per heavy atom. The van der Waals surface area contributed by atoms with Crippen molar-refractivity contribution in [3.8, 4) is 11.5 Å². The van der Waals surface area contributed by atoms with Gasteiger partial charge in [-0.2, -0.15) is 0 Å². The highest BCUT2D eigenvalue weighted by molar-refractivity contribution is 5.47. The fourth-order valence-corrected chi connectivity index (χ4v) is 1.97. The first-order chi connectivity index (χ1) is 7.83. The van der Waals surface area contributed by atoms with E-state index in [2.05, 4.69) is 10.6 Å². The molecule has 1 heterocycles. The lowest BCUT2D eigenvalue weighted by atomic mass is 10.0. The van der Waals surface area contributed by atoms with Crippen LogP contribution in [0.3, 0.4) is 0 Å². The summed E-state index contributed by atoms with van der Waals surface area (Å²) in [6.45, 7) is 5.20. The van der Waals surface area contributed by atoms with Crippen LogP contribution in [-0.4, -0.2) is 31.3 Å². The second-order valence-electron chi connectivity index (χ2n) is 3.84. The molecule has 1 aromatic rings. The van der Waals surface area contributed by atoms with Crippen LogP contribution in [0.1, 0.15) is 18.5 Å². The van der Waals surface area contributed by atoms with Gasteiger partial charge in [0.05, 0.1) is 6.61 Å². The van der Waals surface area contributed by atoms with Crippen molar-refractivity contribution in [2.75, 3.05) is 26.2 Å². The molecule has 0 bridgehead atoms. The van der Waals surface area contributed by atoms with Crippen LogP contribution in [0.5, 0.6) is 11.5 Å². The van der Waals surface area contributed by atoms with Crippen molar-refractivity contribution in [1.29, 1.82) is 0 Å². The molecule has 1 fully saturated rings. The SMILES string of the molecule is CCOc1cccc([C@@H]2CNCCN2)c1O. The molecule has 3 N–H and O–H groups in total. The monoisotopic (exact) mass is 222 g/mol. The van der Waals surface area contributed by atoms with E-state index >= 15 is 0 Å². The maximum absolute atomic E-state index is 10.1. The Morgan fingerprint density at radius 3 is 3.00 bits per heavy atom. The molecule has 1 saturated heterocycles. The first-order valence-electron chi connectivity index (χ1n) is 5.71. The standard InChI is InChI=1S/C12H18N2O2/c1-2-16-11-5-3-4-9(12(11)15)10-8-13-6-7-14-10/h3-5,10,13-15H,2,6-8H2,1H3/t10-/m0/s1. The summed E-state index contributed by atoms with van der Waals surface area (Å²) in [6.07, 6.45) is 0. The zero-order chi connectivity index (χ0) is 11.4. The van der Waals surface area contributed by atoms with E-state index in [-0.39, 0.29) is 11.8 Å². The Kier molecular flexibility index (Phi) is 3.64. The number of ether oxygens (including phenoxy) is 1. The van der Waals surface area contributed by atoms with Gasteiger partial charge in [-0.15, -0.1) is 0 Å². The van der Waals surface area contributed by atoms with E-state index in [4.69, 9.17) is 4.74 Å². The lowest BCUT2D eigenvalue weighted by Gasteiger charge is -2.25. The second kappa shape index (κ2) is 5.18. The van der Waals surface area contributed by atoms with E-state index in [9.17, 15) is 5.11 Å². The van der Waals surface area contributed by atoms with Crippen molar-refractivity contribution in [1.82, 2.24) is 10.6 Å². The molecule has 0 saturated carbocycles. The second-order valence-corrected chi connectivity index (χ2v) is 3.84. The van der Waals surface area contributed by atoms with Crippen LogP contribution in [0.15, 0.2) is 18.2 Å². The maximum atomic E-state index is 10.1. The molecule has 0 amide bonds. The van der Waals surface area contributed by atoms with Gasteiger partial charge in [0.1, 0.15) is 0 Å². The van der Waals surface area contributed by atoms with E-state index in [1.165, 1.54) is 0 Å². The molecule has 0 radical (unpaired) electrons. The molecule has 1 aromatic carbocycles. The van der Waals surface area contributed by atoms with Crippen molar-refractivity contribution in [3.05, 3.63) is 23.8 Å². The Morgan fingerprint density at radius 1 is 1.44 bits per heavy atom. The number of para-hydroxylation sites is 1. The Balaban J connectivity index is 2.22. The number of hydrogen-bond donors (Lipinski definition) is 3. The van der Waals surface area contributed by atoms with Crippen molar-refractivity contribution < 1.29 is 9.84 Å². The predicted molar refractivity (Wildman–Crippen MR) is 62.9 cm³/mol. The summed E-state index contributed by atoms with van der Waals surface area (Å²) in [5.41, 5.74) is 0.901. The quantitative estimate of drug-likeness (QED) is 0.715. The number of benzene rings is 1. The highest BCUT2D eigenvalue weighted by atomic mass is 16.5. The van der Waals surface area contributed by atoms with E-state index in [0.29, 0.717) is 12.4 Å². The summed E-state index contributed by atoms with van der Waals surface area (Å²) in [4.78, 5) is 0. The molecular formula is C12H18N2O2. The molecule has 4 nitrogen and oxygen atoms in total. The van der Waals surface area contributed by atoms with Gasteiger partial charge >= 0.3 is 0 Å². The fourth-order valence-electron chi connectivity index (χ4n) is 1.97. The van der Waals surface area contributed by atoms with Crippen LogP contribution < -0.4 is 15.4 Å². The van der Waals surface area contributed by atoms with Gasteiger partial charge in [-0.3, -0.25) is 0 Å². The number of piperazine rings is 1. The average molecular weight is 222 g/mol. The van der Waals surface area contributed by atoms with E-state index in [1.807, 2.05) is 19.1 Å². The van der Waals surface area contributed by atoms with Crippen molar-refractivity contribution in [2.45, 2.75) is 13.0 Å². The third kappa shape index (κ3) is 2.28. The topological polar surface area (TPSA) is 53.5 Å². The third-order valence-corrected chi connectivity index (χ3v) is 2.75. The Hall–Kier alpha value is -1.26. The van der Waals surface area contributed by atoms with Gasteiger partial charge in [0.2, 0.25) is 0 Å². The van der Waals surface area contributed by atoms with Gasteiger partial charge in [-0.1, -0.05) is 12.1 Å². The van der Waals surface area contributed by atoms with Gasteiger partial charge in [0.15, 0.2) is 11.5 Å². The summed E-state index contributed by atoms with van der Waals surface area (Å²) >= 11 is 0. The number of hydrogen-bond acceptors (Lipinski definition) is 4. The van der Waals surface area contributed by atoms with Crippen molar-refractivity contribution in [2.24, 2.45) is 0 Å². The lowest BCUT2D eigenvalue weighted by Crippen LogP contribution is -2.42. The number of phenols is 1. The lowest BCUT2D eigenvalue weighted by molar-refractivity contribution is 0.313. The molecule has 0 unspecified atom stereocenters. The first-order valence-corrected chi connectivity index (χ1v) is 5.71.